The molecule has 2 N–H and O–H groups in total. The predicted octanol–water partition coefficient (Wildman–Crippen LogP) is 5.64. The molecule has 4 aliphatic rings. The zero-order chi connectivity index (χ0) is 20.2. The van der Waals surface area contributed by atoms with Gasteiger partial charge in [0.25, 0.3) is 0 Å². The molecule has 4 aliphatic carbocycles. The highest BCUT2D eigenvalue weighted by molar-refractivity contribution is 7.80. The van der Waals surface area contributed by atoms with E-state index < -0.39 is 11.7 Å². The maximum absolute atomic E-state index is 13.2. The second kappa shape index (κ2) is 6.72. The Bertz CT molecular complexity index is 901. The lowest BCUT2D eigenvalue weighted by molar-refractivity contribution is -0.136. The van der Waals surface area contributed by atoms with Crippen LogP contribution in [0.15, 0.2) is 36.5 Å². The average molecular weight is 421 g/mol. The number of rotatable bonds is 3. The van der Waals surface area contributed by atoms with Gasteiger partial charge in [-0.3, -0.25) is 4.68 Å². The molecule has 0 amide bonds. The Morgan fingerprint density at radius 3 is 2.24 bits per heavy atom. The molecule has 4 fully saturated rings. The van der Waals surface area contributed by atoms with E-state index in [1.54, 1.807) is 6.07 Å². The van der Waals surface area contributed by atoms with Gasteiger partial charge in [-0.25, -0.2) is 0 Å². The van der Waals surface area contributed by atoms with E-state index in [1.165, 1.54) is 50.7 Å². The third-order valence-corrected chi connectivity index (χ3v) is 7.01. The second-order valence-electron chi connectivity index (χ2n) is 8.91. The number of aromatic nitrogens is 2. The molecule has 0 radical (unpaired) electrons. The van der Waals surface area contributed by atoms with Gasteiger partial charge in [-0.1, -0.05) is 12.1 Å². The Hall–Kier alpha value is -2.09. The molecule has 8 heteroatoms. The summed E-state index contributed by atoms with van der Waals surface area (Å²) in [6.45, 7) is 0. The number of benzene rings is 1. The first-order valence-electron chi connectivity index (χ1n) is 10.1. The molecule has 4 bridgehead atoms. The molecule has 0 saturated heterocycles. The topological polar surface area (TPSA) is 41.9 Å². The van der Waals surface area contributed by atoms with Gasteiger partial charge in [0.15, 0.2) is 10.9 Å². The summed E-state index contributed by atoms with van der Waals surface area (Å²) in [4.78, 5) is 0. The van der Waals surface area contributed by atoms with Crippen molar-refractivity contribution in [2.45, 2.75) is 50.2 Å². The van der Waals surface area contributed by atoms with Crippen molar-refractivity contribution in [3.05, 3.63) is 42.1 Å². The van der Waals surface area contributed by atoms with Crippen LogP contribution in [0, 0.1) is 17.8 Å². The Kier molecular flexibility index (Phi) is 4.38. The van der Waals surface area contributed by atoms with E-state index in [4.69, 9.17) is 17.3 Å². The lowest BCUT2D eigenvalue weighted by atomic mass is 9.53. The largest absolute Gasteiger partial charge is 0.418 e. The number of thiocarbonyl (C=S) groups is 1. The summed E-state index contributed by atoms with van der Waals surface area (Å²) in [5, 5.41) is 10.4. The Balaban J connectivity index is 1.30. The van der Waals surface area contributed by atoms with Crippen LogP contribution in [0.5, 0.6) is 0 Å². The highest BCUT2D eigenvalue weighted by atomic mass is 32.1. The predicted molar refractivity (Wildman–Crippen MR) is 110 cm³/mol. The van der Waals surface area contributed by atoms with Crippen molar-refractivity contribution in [1.82, 2.24) is 9.78 Å². The molecule has 0 atom stereocenters. The van der Waals surface area contributed by atoms with E-state index in [9.17, 15) is 13.2 Å². The number of para-hydroxylation sites is 1. The van der Waals surface area contributed by atoms with Gasteiger partial charge in [-0.15, -0.1) is 0 Å². The summed E-state index contributed by atoms with van der Waals surface area (Å²) < 4.78 is 41.6. The summed E-state index contributed by atoms with van der Waals surface area (Å²) in [7, 11) is 0. The summed E-state index contributed by atoms with van der Waals surface area (Å²) in [6, 6.07) is 7.15. The normalized spacial score (nSPS) is 30.4. The molecular formula is C21H23F3N4S. The van der Waals surface area contributed by atoms with Crippen LogP contribution in [0.1, 0.15) is 44.1 Å². The average Bonchev–Trinajstić information content (AvgIpc) is 3.09. The van der Waals surface area contributed by atoms with Crippen molar-refractivity contribution in [2.75, 3.05) is 10.6 Å². The molecule has 0 spiro atoms. The number of nitrogens with one attached hydrogen (secondary N) is 2. The molecule has 6 rings (SSSR count). The molecule has 0 unspecified atom stereocenters. The van der Waals surface area contributed by atoms with E-state index in [0.717, 1.165) is 23.8 Å². The minimum absolute atomic E-state index is 0.0713. The fourth-order valence-electron chi connectivity index (χ4n) is 6.11. The van der Waals surface area contributed by atoms with Crippen molar-refractivity contribution < 1.29 is 13.2 Å². The molecule has 1 heterocycles. The second-order valence-corrected chi connectivity index (χ2v) is 9.32. The van der Waals surface area contributed by atoms with Crippen molar-refractivity contribution in [3.63, 3.8) is 0 Å². The summed E-state index contributed by atoms with van der Waals surface area (Å²) in [5.41, 5.74) is -0.714. The molecule has 29 heavy (non-hydrogen) atoms. The first-order valence-corrected chi connectivity index (χ1v) is 10.5. The first-order chi connectivity index (χ1) is 13.8. The molecule has 4 nitrogen and oxygen atoms in total. The quantitative estimate of drug-likeness (QED) is 0.631. The highest BCUT2D eigenvalue weighted by Crippen LogP contribution is 2.58. The zero-order valence-corrected chi connectivity index (χ0v) is 16.7. The molecule has 0 aliphatic heterocycles. The van der Waals surface area contributed by atoms with Gasteiger partial charge in [0, 0.05) is 12.3 Å². The third-order valence-electron chi connectivity index (χ3n) is 6.80. The van der Waals surface area contributed by atoms with E-state index >= 15 is 0 Å². The van der Waals surface area contributed by atoms with Crippen molar-refractivity contribution in [1.29, 1.82) is 0 Å². The monoisotopic (exact) mass is 420 g/mol. The van der Waals surface area contributed by atoms with Gasteiger partial charge in [-0.2, -0.15) is 18.3 Å². The van der Waals surface area contributed by atoms with Gasteiger partial charge >= 0.3 is 6.18 Å². The molecule has 154 valence electrons. The van der Waals surface area contributed by atoms with E-state index in [2.05, 4.69) is 15.3 Å². The Morgan fingerprint density at radius 1 is 1.00 bits per heavy atom. The number of halogens is 3. The van der Waals surface area contributed by atoms with Crippen LogP contribution in [0.25, 0.3) is 0 Å². The van der Waals surface area contributed by atoms with Crippen LogP contribution < -0.4 is 10.6 Å². The first kappa shape index (κ1) is 18.9. The maximum atomic E-state index is 13.2. The minimum Gasteiger partial charge on any atom is -0.332 e. The van der Waals surface area contributed by atoms with Gasteiger partial charge in [0.1, 0.15) is 0 Å². The Morgan fingerprint density at radius 2 is 1.62 bits per heavy atom. The highest BCUT2D eigenvalue weighted by Gasteiger charge is 2.52. The van der Waals surface area contributed by atoms with Gasteiger partial charge < -0.3 is 10.6 Å². The maximum Gasteiger partial charge on any atom is 0.418 e. The lowest BCUT2D eigenvalue weighted by Gasteiger charge is -2.56. The molecule has 1 aromatic heterocycles. The van der Waals surface area contributed by atoms with Crippen molar-refractivity contribution in [2.24, 2.45) is 17.8 Å². The van der Waals surface area contributed by atoms with E-state index in [1.807, 2.05) is 12.3 Å². The van der Waals surface area contributed by atoms with Crippen LogP contribution in [-0.4, -0.2) is 14.9 Å². The molecule has 2 aromatic rings. The zero-order valence-electron chi connectivity index (χ0n) is 15.9. The molecular weight excluding hydrogens is 397 g/mol. The minimum atomic E-state index is -4.45. The van der Waals surface area contributed by atoms with Crippen LogP contribution in [0.2, 0.25) is 0 Å². The summed E-state index contributed by atoms with van der Waals surface area (Å²) in [5.74, 6) is 2.98. The van der Waals surface area contributed by atoms with Crippen molar-refractivity contribution >= 4 is 28.8 Å². The standard InChI is InChI=1S/C21H23F3N4S/c22-21(23,24)16-3-1-2-4-17(16)25-19(29)26-18-5-6-28(27-18)20-10-13-7-14(11-20)9-15(8-13)12-20/h1-6,13-15H,7-12H2,(H2,25,26,27,29). The third kappa shape index (κ3) is 3.52. The van der Waals surface area contributed by atoms with Crippen LogP contribution in [0.4, 0.5) is 24.7 Å². The van der Waals surface area contributed by atoms with Crippen LogP contribution in [0.3, 0.4) is 0 Å². The van der Waals surface area contributed by atoms with Crippen molar-refractivity contribution in [3.8, 4) is 0 Å². The summed E-state index contributed by atoms with van der Waals surface area (Å²) >= 11 is 5.24. The number of hydrogen-bond donors (Lipinski definition) is 2. The molecule has 4 saturated carbocycles. The fraction of sp³-hybridized carbons (Fsp3) is 0.524. The van der Waals surface area contributed by atoms with Gasteiger partial charge in [0.05, 0.1) is 16.8 Å². The van der Waals surface area contributed by atoms with Gasteiger partial charge in [-0.05, 0) is 80.6 Å². The smallest absolute Gasteiger partial charge is 0.332 e. The van der Waals surface area contributed by atoms with Crippen LogP contribution in [-0.2, 0) is 11.7 Å². The van der Waals surface area contributed by atoms with Crippen LogP contribution >= 0.6 is 12.2 Å². The Labute approximate surface area is 172 Å². The summed E-state index contributed by atoms with van der Waals surface area (Å²) in [6.07, 6.45) is 5.17. The number of nitrogens with zero attached hydrogens (tertiary/aromatic N) is 2. The van der Waals surface area contributed by atoms with E-state index in [-0.39, 0.29) is 16.3 Å². The number of anilines is 2. The van der Waals surface area contributed by atoms with Gasteiger partial charge in [0.2, 0.25) is 0 Å². The number of hydrogen-bond acceptors (Lipinski definition) is 2. The number of alkyl halides is 3. The lowest BCUT2D eigenvalue weighted by Crippen LogP contribution is -2.52. The molecule has 1 aromatic carbocycles. The SMILES string of the molecule is FC(F)(F)c1ccccc1NC(=S)Nc1ccn(C23CC4CC(CC(C4)C2)C3)n1. The van der Waals surface area contributed by atoms with E-state index in [0.29, 0.717) is 5.82 Å². The fourth-order valence-corrected chi connectivity index (χ4v) is 6.32.